The van der Waals surface area contributed by atoms with Gasteiger partial charge in [0, 0.05) is 17.2 Å². The van der Waals surface area contributed by atoms with Crippen LogP contribution in [0.4, 0.5) is 0 Å². The Bertz CT molecular complexity index is 561. The Balaban J connectivity index is 2.62. The SMILES string of the molecule is COc1ccc(C)cc1-c1cn[nH]c(=O)c1. The van der Waals surface area contributed by atoms with E-state index >= 15 is 0 Å². The molecule has 0 unspecified atom stereocenters. The molecule has 0 saturated heterocycles. The number of hydrogen-bond acceptors (Lipinski definition) is 3. The van der Waals surface area contributed by atoms with Gasteiger partial charge in [-0.05, 0) is 19.1 Å². The van der Waals surface area contributed by atoms with Gasteiger partial charge in [-0.1, -0.05) is 11.6 Å². The van der Waals surface area contributed by atoms with Crippen molar-refractivity contribution in [1.82, 2.24) is 10.2 Å². The Labute approximate surface area is 92.9 Å². The maximum absolute atomic E-state index is 11.2. The number of nitrogens with zero attached hydrogens (tertiary/aromatic N) is 1. The third-order valence-electron chi connectivity index (χ3n) is 2.33. The van der Waals surface area contributed by atoms with E-state index in [1.807, 2.05) is 25.1 Å². The predicted octanol–water partition coefficient (Wildman–Crippen LogP) is 1.75. The minimum atomic E-state index is -0.221. The molecule has 1 heterocycles. The predicted molar refractivity (Wildman–Crippen MR) is 61.6 cm³/mol. The van der Waals surface area contributed by atoms with Crippen molar-refractivity contribution in [1.29, 1.82) is 0 Å². The lowest BCUT2D eigenvalue weighted by Gasteiger charge is -2.08. The highest BCUT2D eigenvalue weighted by molar-refractivity contribution is 5.70. The van der Waals surface area contributed by atoms with Crippen molar-refractivity contribution in [2.24, 2.45) is 0 Å². The van der Waals surface area contributed by atoms with Crippen molar-refractivity contribution < 1.29 is 4.74 Å². The highest BCUT2D eigenvalue weighted by atomic mass is 16.5. The van der Waals surface area contributed by atoms with Crippen molar-refractivity contribution >= 4 is 0 Å². The Morgan fingerprint density at radius 2 is 2.12 bits per heavy atom. The van der Waals surface area contributed by atoms with Gasteiger partial charge in [0.1, 0.15) is 5.75 Å². The Kier molecular flexibility index (Phi) is 2.72. The number of benzene rings is 1. The maximum Gasteiger partial charge on any atom is 0.264 e. The zero-order chi connectivity index (χ0) is 11.5. The van der Waals surface area contributed by atoms with E-state index in [9.17, 15) is 4.79 Å². The van der Waals surface area contributed by atoms with Crippen LogP contribution in [0.5, 0.6) is 5.75 Å². The molecular formula is C12H12N2O2. The first kappa shape index (κ1) is 10.4. The Hall–Kier alpha value is -2.10. The van der Waals surface area contributed by atoms with E-state index in [4.69, 9.17) is 4.74 Å². The fourth-order valence-corrected chi connectivity index (χ4v) is 1.57. The fourth-order valence-electron chi connectivity index (χ4n) is 1.57. The smallest absolute Gasteiger partial charge is 0.264 e. The van der Waals surface area contributed by atoms with Crippen LogP contribution in [0.2, 0.25) is 0 Å². The van der Waals surface area contributed by atoms with Crippen LogP contribution >= 0.6 is 0 Å². The number of nitrogens with one attached hydrogen (secondary N) is 1. The number of aryl methyl sites for hydroxylation is 1. The first-order chi connectivity index (χ1) is 7.70. The fraction of sp³-hybridized carbons (Fsp3) is 0.167. The first-order valence-corrected chi connectivity index (χ1v) is 4.90. The molecule has 0 atom stereocenters. The summed E-state index contributed by atoms with van der Waals surface area (Å²) in [7, 11) is 1.61. The summed E-state index contributed by atoms with van der Waals surface area (Å²) in [6.07, 6.45) is 1.61. The summed E-state index contributed by atoms with van der Waals surface area (Å²) in [5.41, 5.74) is 2.52. The molecule has 1 aromatic carbocycles. The number of H-pyrrole nitrogens is 1. The zero-order valence-electron chi connectivity index (χ0n) is 9.15. The topological polar surface area (TPSA) is 55.0 Å². The molecule has 4 heteroatoms. The van der Waals surface area contributed by atoms with Crippen LogP contribution in [0.25, 0.3) is 11.1 Å². The van der Waals surface area contributed by atoms with E-state index in [0.29, 0.717) is 0 Å². The van der Waals surface area contributed by atoms with Crippen LogP contribution in [0.1, 0.15) is 5.56 Å². The van der Waals surface area contributed by atoms with E-state index in [2.05, 4.69) is 10.2 Å². The highest BCUT2D eigenvalue weighted by Crippen LogP contribution is 2.29. The molecule has 0 spiro atoms. The minimum Gasteiger partial charge on any atom is -0.496 e. The molecule has 1 N–H and O–H groups in total. The van der Waals surface area contributed by atoms with E-state index in [-0.39, 0.29) is 5.56 Å². The standard InChI is InChI=1S/C12H12N2O2/c1-8-3-4-11(16-2)10(5-8)9-6-12(15)14-13-7-9/h3-7H,1-2H3,(H,14,15). The van der Waals surface area contributed by atoms with Gasteiger partial charge in [-0.25, -0.2) is 5.10 Å². The third kappa shape index (κ3) is 1.95. The van der Waals surface area contributed by atoms with Gasteiger partial charge in [-0.3, -0.25) is 4.79 Å². The normalized spacial score (nSPS) is 10.1. The van der Waals surface area contributed by atoms with Crippen molar-refractivity contribution in [3.63, 3.8) is 0 Å². The molecule has 1 aromatic heterocycles. The third-order valence-corrected chi connectivity index (χ3v) is 2.33. The average Bonchev–Trinajstić information content (AvgIpc) is 2.29. The molecule has 0 bridgehead atoms. The van der Waals surface area contributed by atoms with Crippen LogP contribution in [0.3, 0.4) is 0 Å². The lowest BCUT2D eigenvalue weighted by Crippen LogP contribution is -2.05. The average molecular weight is 216 g/mol. The number of aromatic amines is 1. The minimum absolute atomic E-state index is 0.221. The van der Waals surface area contributed by atoms with Gasteiger partial charge in [0.15, 0.2) is 0 Å². The van der Waals surface area contributed by atoms with Gasteiger partial charge in [0.25, 0.3) is 5.56 Å². The molecule has 0 aliphatic heterocycles. The molecule has 0 amide bonds. The van der Waals surface area contributed by atoms with E-state index < -0.39 is 0 Å². The zero-order valence-corrected chi connectivity index (χ0v) is 9.15. The van der Waals surface area contributed by atoms with Crippen molar-refractivity contribution in [2.75, 3.05) is 7.11 Å². The molecule has 0 radical (unpaired) electrons. The number of aromatic nitrogens is 2. The van der Waals surface area contributed by atoms with Gasteiger partial charge < -0.3 is 4.74 Å². The van der Waals surface area contributed by atoms with E-state index in [1.54, 1.807) is 13.3 Å². The summed E-state index contributed by atoms with van der Waals surface area (Å²) < 4.78 is 5.25. The summed E-state index contributed by atoms with van der Waals surface area (Å²) in [4.78, 5) is 11.2. The number of hydrogen-bond donors (Lipinski definition) is 1. The van der Waals surface area contributed by atoms with E-state index in [0.717, 1.165) is 22.4 Å². The molecule has 0 fully saturated rings. The first-order valence-electron chi connectivity index (χ1n) is 4.90. The van der Waals surface area contributed by atoms with Crippen LogP contribution in [0.15, 0.2) is 35.3 Å². The van der Waals surface area contributed by atoms with Crippen molar-refractivity contribution in [2.45, 2.75) is 6.92 Å². The molecular weight excluding hydrogens is 204 g/mol. The summed E-state index contributed by atoms with van der Waals surface area (Å²) >= 11 is 0. The van der Waals surface area contributed by atoms with Crippen molar-refractivity contribution in [3.8, 4) is 16.9 Å². The molecule has 82 valence electrons. The Morgan fingerprint density at radius 1 is 1.31 bits per heavy atom. The molecule has 2 rings (SSSR count). The lowest BCUT2D eigenvalue weighted by molar-refractivity contribution is 0.416. The summed E-state index contributed by atoms with van der Waals surface area (Å²) in [5, 5.41) is 6.12. The largest absolute Gasteiger partial charge is 0.496 e. The molecule has 2 aromatic rings. The maximum atomic E-state index is 11.2. The second-order valence-electron chi connectivity index (χ2n) is 3.54. The molecule has 0 saturated carbocycles. The monoisotopic (exact) mass is 216 g/mol. The summed E-state index contributed by atoms with van der Waals surface area (Å²) in [6.45, 7) is 1.99. The van der Waals surface area contributed by atoms with Crippen LogP contribution < -0.4 is 10.3 Å². The second kappa shape index (κ2) is 4.18. The van der Waals surface area contributed by atoms with Gasteiger partial charge in [0.2, 0.25) is 0 Å². The molecule has 4 nitrogen and oxygen atoms in total. The molecule has 0 aliphatic rings. The summed E-state index contributed by atoms with van der Waals surface area (Å²) in [5.74, 6) is 0.734. The highest BCUT2D eigenvalue weighted by Gasteiger charge is 2.06. The number of methoxy groups -OCH3 is 1. The molecule has 16 heavy (non-hydrogen) atoms. The lowest BCUT2D eigenvalue weighted by atomic mass is 10.0. The van der Waals surface area contributed by atoms with Crippen LogP contribution in [-0.4, -0.2) is 17.3 Å². The molecule has 0 aliphatic carbocycles. The Morgan fingerprint density at radius 3 is 2.81 bits per heavy atom. The van der Waals surface area contributed by atoms with Crippen LogP contribution in [-0.2, 0) is 0 Å². The van der Waals surface area contributed by atoms with E-state index in [1.165, 1.54) is 6.07 Å². The van der Waals surface area contributed by atoms with Gasteiger partial charge in [-0.2, -0.15) is 5.10 Å². The van der Waals surface area contributed by atoms with Crippen molar-refractivity contribution in [3.05, 3.63) is 46.4 Å². The van der Waals surface area contributed by atoms with Crippen LogP contribution in [0, 0.1) is 6.92 Å². The summed E-state index contributed by atoms with van der Waals surface area (Å²) in [6, 6.07) is 7.31. The second-order valence-corrected chi connectivity index (χ2v) is 3.54. The van der Waals surface area contributed by atoms with Gasteiger partial charge in [0.05, 0.1) is 13.3 Å². The van der Waals surface area contributed by atoms with Gasteiger partial charge >= 0.3 is 0 Å². The van der Waals surface area contributed by atoms with Gasteiger partial charge in [-0.15, -0.1) is 0 Å². The quantitative estimate of drug-likeness (QED) is 0.832. The number of rotatable bonds is 2. The number of ether oxygens (including phenoxy) is 1.